The van der Waals surface area contributed by atoms with Gasteiger partial charge in [0.25, 0.3) is 5.91 Å². The molecule has 1 fully saturated rings. The van der Waals surface area contributed by atoms with Crippen LogP contribution in [0.4, 0.5) is 9.59 Å². The molecule has 1 aromatic carbocycles. The van der Waals surface area contributed by atoms with E-state index < -0.39 is 49.7 Å². The van der Waals surface area contributed by atoms with E-state index in [9.17, 15) is 19.2 Å². The summed E-state index contributed by atoms with van der Waals surface area (Å²) in [5, 5.41) is -0.221. The maximum atomic E-state index is 13.4. The number of carbonyl (C=O) groups is 4. The van der Waals surface area contributed by atoms with E-state index in [1.807, 2.05) is 39.9 Å². The smallest absolute Gasteiger partial charge is 0.467 e. The van der Waals surface area contributed by atoms with Crippen LogP contribution in [-0.4, -0.2) is 68.3 Å². The van der Waals surface area contributed by atoms with Crippen molar-refractivity contribution in [1.82, 2.24) is 4.90 Å². The number of ether oxygens (including phenoxy) is 4. The molecule has 2 atom stereocenters. The van der Waals surface area contributed by atoms with E-state index in [0.717, 1.165) is 12.7 Å². The first-order chi connectivity index (χ1) is 16.9. The third-order valence-electron chi connectivity index (χ3n) is 6.50. The number of carbonyl (C=O) groups excluding carboxylic acids is 4. The largest absolute Gasteiger partial charge is 0.509 e. The number of amides is 2. The van der Waals surface area contributed by atoms with E-state index in [-0.39, 0.29) is 24.7 Å². The second kappa shape index (κ2) is 11.2. The summed E-state index contributed by atoms with van der Waals surface area (Å²) in [6.45, 7) is 14.5. The molecule has 0 radical (unpaired) electrons. The summed E-state index contributed by atoms with van der Waals surface area (Å²) in [5.41, 5.74) is -2.14. The molecule has 0 aliphatic carbocycles. The zero-order valence-electron chi connectivity index (χ0n) is 23.2. The number of hydrogen-bond donors (Lipinski definition) is 0. The molecule has 0 N–H and O–H groups in total. The summed E-state index contributed by atoms with van der Waals surface area (Å²) < 4.78 is 27.2. The average Bonchev–Trinajstić information content (AvgIpc) is 3.07. The van der Waals surface area contributed by atoms with Gasteiger partial charge in [0.1, 0.15) is 12.2 Å². The number of benzene rings is 1. The summed E-state index contributed by atoms with van der Waals surface area (Å²) in [6, 6.07) is 8.92. The minimum atomic E-state index is -2.45. The van der Waals surface area contributed by atoms with Crippen LogP contribution in [0.1, 0.15) is 53.5 Å². The number of methoxy groups -OCH3 is 1. The zero-order valence-corrected chi connectivity index (χ0v) is 24.2. The van der Waals surface area contributed by atoms with Crippen molar-refractivity contribution in [1.29, 1.82) is 0 Å². The molecular weight excluding hydrogens is 498 g/mol. The van der Waals surface area contributed by atoms with Gasteiger partial charge in [-0.1, -0.05) is 51.1 Å². The topological polar surface area (TPSA) is 118 Å². The van der Waals surface area contributed by atoms with Crippen LogP contribution in [0.3, 0.4) is 0 Å². The van der Waals surface area contributed by atoms with E-state index in [0.29, 0.717) is 4.90 Å². The van der Waals surface area contributed by atoms with E-state index in [2.05, 4.69) is 0 Å². The lowest BCUT2D eigenvalue weighted by atomic mass is 9.96. The first kappa shape index (κ1) is 30.3. The average molecular weight is 538 g/mol. The molecule has 37 heavy (non-hydrogen) atoms. The highest BCUT2D eigenvalue weighted by Crippen LogP contribution is 2.40. The number of likely N-dealkylation sites (tertiary alicyclic amines) is 1. The fraction of sp³-hybridized carbons (Fsp3) is 0.615. The predicted molar refractivity (Wildman–Crippen MR) is 137 cm³/mol. The Hall–Kier alpha value is -2.92. The highest BCUT2D eigenvalue weighted by molar-refractivity contribution is 6.74. The summed E-state index contributed by atoms with van der Waals surface area (Å²) in [5.74, 6) is -1.80. The van der Waals surface area contributed by atoms with Gasteiger partial charge >= 0.3 is 18.2 Å². The molecule has 2 rings (SSSR count). The molecular formula is C26H39NO9Si. The SMILES string of the molecule is COC(=O)[C@@]1(CO[Si](C)(C)C(C)(C)C)CC(OC(=O)OCc2ccccc2)C(=O)N1C(=O)OC(C)(C)C. The Labute approximate surface area is 219 Å². The van der Waals surface area contributed by atoms with Crippen LogP contribution < -0.4 is 0 Å². The minimum absolute atomic E-state index is 0.0764. The Kier molecular flexibility index (Phi) is 9.19. The monoisotopic (exact) mass is 537 g/mol. The van der Waals surface area contributed by atoms with Crippen LogP contribution in [0.5, 0.6) is 0 Å². The molecule has 2 amide bonds. The van der Waals surface area contributed by atoms with Gasteiger partial charge in [0.15, 0.2) is 20.0 Å². The van der Waals surface area contributed by atoms with Gasteiger partial charge in [-0.3, -0.25) is 4.79 Å². The summed E-state index contributed by atoms with van der Waals surface area (Å²) >= 11 is 0. The molecule has 1 saturated heterocycles. The Morgan fingerprint density at radius 2 is 1.65 bits per heavy atom. The van der Waals surface area contributed by atoms with Crippen molar-refractivity contribution in [3.8, 4) is 0 Å². The zero-order chi connectivity index (χ0) is 28.2. The predicted octanol–water partition coefficient (Wildman–Crippen LogP) is 4.81. The van der Waals surface area contributed by atoms with Gasteiger partial charge in [0.2, 0.25) is 0 Å². The Morgan fingerprint density at radius 1 is 1.05 bits per heavy atom. The second-order valence-corrected chi connectivity index (χ2v) is 16.4. The van der Waals surface area contributed by atoms with Crippen LogP contribution in [0, 0.1) is 0 Å². The standard InChI is InChI=1S/C26H39NO9Si/c1-24(2,3)36-22(30)27-20(28)19(35-23(31)33-16-18-13-11-10-12-14-18)15-26(27,21(29)32-7)17-34-37(8,9)25(4,5)6/h10-14,19H,15-17H2,1-9H3/t19?,26-/m0/s1. The quantitative estimate of drug-likeness (QED) is 0.274. The van der Waals surface area contributed by atoms with Crippen LogP contribution in [-0.2, 0) is 39.6 Å². The fourth-order valence-electron chi connectivity index (χ4n) is 3.43. The molecule has 0 saturated carbocycles. The molecule has 1 unspecified atom stereocenters. The summed E-state index contributed by atoms with van der Waals surface area (Å²) in [6.07, 6.45) is -4.03. The first-order valence-corrected chi connectivity index (χ1v) is 15.0. The fourth-order valence-corrected chi connectivity index (χ4v) is 4.47. The van der Waals surface area contributed by atoms with Gasteiger partial charge in [-0.25, -0.2) is 19.3 Å². The Bertz CT molecular complexity index is 998. The van der Waals surface area contributed by atoms with Crippen LogP contribution in [0.2, 0.25) is 18.1 Å². The lowest BCUT2D eigenvalue weighted by Crippen LogP contribution is -2.60. The molecule has 1 aliphatic rings. The van der Waals surface area contributed by atoms with Crippen molar-refractivity contribution in [2.24, 2.45) is 0 Å². The number of imide groups is 1. The Balaban J connectivity index is 2.37. The van der Waals surface area contributed by atoms with Gasteiger partial charge in [-0.2, -0.15) is 0 Å². The lowest BCUT2D eigenvalue weighted by Gasteiger charge is -2.41. The molecule has 1 heterocycles. The Morgan fingerprint density at radius 3 is 2.16 bits per heavy atom. The molecule has 1 aliphatic heterocycles. The molecule has 11 heteroatoms. The highest BCUT2D eigenvalue weighted by atomic mass is 28.4. The van der Waals surface area contributed by atoms with Crippen LogP contribution in [0.15, 0.2) is 30.3 Å². The van der Waals surface area contributed by atoms with Crippen molar-refractivity contribution >= 4 is 32.4 Å². The maximum Gasteiger partial charge on any atom is 0.509 e. The van der Waals surface area contributed by atoms with Crippen molar-refractivity contribution in [2.45, 2.75) is 89.9 Å². The third kappa shape index (κ3) is 7.32. The summed E-state index contributed by atoms with van der Waals surface area (Å²) in [4.78, 5) is 53.0. The van der Waals surface area contributed by atoms with Crippen LogP contribution >= 0.6 is 0 Å². The van der Waals surface area contributed by atoms with E-state index in [1.54, 1.807) is 45.0 Å². The van der Waals surface area contributed by atoms with Gasteiger partial charge in [-0.05, 0) is 44.5 Å². The normalized spacial score (nSPS) is 20.4. The number of nitrogens with zero attached hydrogens (tertiary/aromatic N) is 1. The molecule has 0 aromatic heterocycles. The third-order valence-corrected chi connectivity index (χ3v) is 11.0. The highest BCUT2D eigenvalue weighted by Gasteiger charge is 2.63. The molecule has 206 valence electrons. The minimum Gasteiger partial charge on any atom is -0.467 e. The lowest BCUT2D eigenvalue weighted by molar-refractivity contribution is -0.159. The molecule has 0 spiro atoms. The second-order valence-electron chi connectivity index (χ2n) is 11.6. The molecule has 10 nitrogen and oxygen atoms in total. The van der Waals surface area contributed by atoms with Crippen molar-refractivity contribution in [3.63, 3.8) is 0 Å². The van der Waals surface area contributed by atoms with Gasteiger partial charge < -0.3 is 23.4 Å². The van der Waals surface area contributed by atoms with E-state index in [1.165, 1.54) is 0 Å². The number of rotatable bonds is 7. The maximum absolute atomic E-state index is 13.4. The van der Waals surface area contributed by atoms with Crippen LogP contribution in [0.25, 0.3) is 0 Å². The van der Waals surface area contributed by atoms with Crippen molar-refractivity contribution < 1.29 is 42.6 Å². The molecule has 0 bridgehead atoms. The first-order valence-electron chi connectivity index (χ1n) is 12.1. The molecule has 1 aromatic rings. The van der Waals surface area contributed by atoms with E-state index >= 15 is 0 Å². The van der Waals surface area contributed by atoms with Crippen molar-refractivity contribution in [3.05, 3.63) is 35.9 Å². The van der Waals surface area contributed by atoms with Crippen molar-refractivity contribution in [2.75, 3.05) is 13.7 Å². The summed E-state index contributed by atoms with van der Waals surface area (Å²) in [7, 11) is -1.30. The number of hydrogen-bond acceptors (Lipinski definition) is 9. The number of esters is 1. The van der Waals surface area contributed by atoms with Gasteiger partial charge in [0, 0.05) is 6.42 Å². The van der Waals surface area contributed by atoms with E-state index in [4.69, 9.17) is 23.4 Å². The van der Waals surface area contributed by atoms with Gasteiger partial charge in [-0.15, -0.1) is 0 Å². The van der Waals surface area contributed by atoms with Gasteiger partial charge in [0.05, 0.1) is 13.7 Å².